The van der Waals surface area contributed by atoms with Gasteiger partial charge in [0.25, 0.3) is 17.4 Å². The number of pyridine rings is 1. The summed E-state index contributed by atoms with van der Waals surface area (Å²) in [5, 5.41) is 0.469. The van der Waals surface area contributed by atoms with Gasteiger partial charge in [0, 0.05) is 18.0 Å². The Labute approximate surface area is 100 Å². The van der Waals surface area contributed by atoms with Crippen molar-refractivity contribution in [1.82, 2.24) is 4.98 Å². The molecule has 0 aliphatic heterocycles. The molecule has 2 aromatic rings. The van der Waals surface area contributed by atoms with Gasteiger partial charge in [-0.05, 0) is 17.5 Å². The summed E-state index contributed by atoms with van der Waals surface area (Å²) < 4.78 is 26.2. The Hall–Kier alpha value is -2.24. The summed E-state index contributed by atoms with van der Waals surface area (Å²) in [6.07, 6.45) is 0. The number of nitrogens with two attached hydrogens (primary N) is 1. The summed E-state index contributed by atoms with van der Waals surface area (Å²) >= 11 is 0. The van der Waals surface area contributed by atoms with Crippen LogP contribution in [0, 0.1) is 0 Å². The number of fused-ring (bicyclic) bond motifs is 1. The molecular weight excluding hydrogens is 242 g/mol. The molecule has 0 spiro atoms. The van der Waals surface area contributed by atoms with E-state index in [0.29, 0.717) is 5.39 Å². The van der Waals surface area contributed by atoms with E-state index in [2.05, 4.69) is 4.98 Å². The number of H-pyrrole nitrogens is 1. The second-order valence-corrected chi connectivity index (χ2v) is 4.07. The van der Waals surface area contributed by atoms with Gasteiger partial charge in [-0.2, -0.15) is 0 Å². The van der Waals surface area contributed by atoms with E-state index in [1.807, 2.05) is 0 Å². The molecule has 2 rings (SSSR count). The number of amides is 1. The molecule has 1 aromatic heterocycles. The van der Waals surface area contributed by atoms with E-state index in [1.165, 1.54) is 24.3 Å². The van der Waals surface area contributed by atoms with Crippen LogP contribution in [0.15, 0.2) is 29.1 Å². The minimum Gasteiger partial charge on any atom is -0.365 e. The van der Waals surface area contributed by atoms with Crippen LogP contribution in [0.25, 0.3) is 10.9 Å². The number of nitrogens with one attached hydrogen (secondary N) is 1. The molecule has 6 heteroatoms. The first-order valence-electron chi connectivity index (χ1n) is 5.14. The number of aromatic amines is 1. The Morgan fingerprint density at radius 3 is 2.56 bits per heavy atom. The number of alkyl halides is 2. The highest BCUT2D eigenvalue weighted by Gasteiger charge is 2.24. The number of halogens is 2. The van der Waals surface area contributed by atoms with Crippen molar-refractivity contribution < 1.29 is 13.6 Å². The minimum absolute atomic E-state index is 0.196. The average molecular weight is 252 g/mol. The summed E-state index contributed by atoms with van der Waals surface area (Å²) in [5.74, 6) is -3.85. The van der Waals surface area contributed by atoms with Gasteiger partial charge in [-0.3, -0.25) is 9.59 Å². The van der Waals surface area contributed by atoms with Crippen LogP contribution in [-0.2, 0) is 5.92 Å². The fourth-order valence-corrected chi connectivity index (χ4v) is 1.66. The van der Waals surface area contributed by atoms with E-state index in [4.69, 9.17) is 5.73 Å². The molecule has 0 aliphatic carbocycles. The van der Waals surface area contributed by atoms with Gasteiger partial charge in [0.2, 0.25) is 0 Å². The Balaban J connectivity index is 2.71. The molecule has 94 valence electrons. The first-order chi connectivity index (χ1) is 8.29. The summed E-state index contributed by atoms with van der Waals surface area (Å²) in [7, 11) is 0. The monoisotopic (exact) mass is 252 g/mol. The Morgan fingerprint density at radius 2 is 2.00 bits per heavy atom. The SMILES string of the molecule is CC(F)(F)c1ccc2cc(C(N)=O)c(=O)[nH]c2c1. The molecular formula is C12H10F2N2O2. The van der Waals surface area contributed by atoms with E-state index >= 15 is 0 Å². The van der Waals surface area contributed by atoms with Gasteiger partial charge < -0.3 is 10.7 Å². The molecule has 4 nitrogen and oxygen atoms in total. The predicted octanol–water partition coefficient (Wildman–Crippen LogP) is 1.74. The molecule has 0 unspecified atom stereocenters. The van der Waals surface area contributed by atoms with Crippen LogP contribution in [0.2, 0.25) is 0 Å². The fraction of sp³-hybridized carbons (Fsp3) is 0.167. The van der Waals surface area contributed by atoms with E-state index in [9.17, 15) is 18.4 Å². The number of rotatable bonds is 2. The average Bonchev–Trinajstić information content (AvgIpc) is 2.25. The van der Waals surface area contributed by atoms with Crippen LogP contribution in [0.4, 0.5) is 8.78 Å². The van der Waals surface area contributed by atoms with Crippen LogP contribution < -0.4 is 11.3 Å². The second kappa shape index (κ2) is 3.90. The Morgan fingerprint density at radius 1 is 1.33 bits per heavy atom. The second-order valence-electron chi connectivity index (χ2n) is 4.07. The van der Waals surface area contributed by atoms with Gasteiger partial charge >= 0.3 is 0 Å². The standard InChI is InChI=1S/C12H10F2N2O2/c1-12(13,14)7-3-2-6-4-8(10(15)17)11(18)16-9(6)5-7/h2-5H,1H3,(H2,15,17)(H,16,18). The first kappa shape index (κ1) is 12.2. The molecule has 0 saturated carbocycles. The van der Waals surface area contributed by atoms with Crippen molar-refractivity contribution in [2.75, 3.05) is 0 Å². The number of carbonyl (C=O) groups excluding carboxylic acids is 1. The smallest absolute Gasteiger partial charge is 0.270 e. The molecule has 1 amide bonds. The van der Waals surface area contributed by atoms with Gasteiger partial charge in [0.1, 0.15) is 5.56 Å². The molecule has 1 aromatic carbocycles. The van der Waals surface area contributed by atoms with Crippen molar-refractivity contribution in [3.05, 3.63) is 45.7 Å². The lowest BCUT2D eigenvalue weighted by molar-refractivity contribution is 0.0176. The lowest BCUT2D eigenvalue weighted by Crippen LogP contribution is -2.23. The molecule has 0 fully saturated rings. The lowest BCUT2D eigenvalue weighted by Gasteiger charge is -2.11. The molecule has 0 saturated heterocycles. The van der Waals surface area contributed by atoms with E-state index in [0.717, 1.165) is 6.92 Å². The van der Waals surface area contributed by atoms with Gasteiger partial charge in [0.15, 0.2) is 0 Å². The highest BCUT2D eigenvalue weighted by molar-refractivity contribution is 5.96. The van der Waals surface area contributed by atoms with Crippen LogP contribution in [0.1, 0.15) is 22.8 Å². The molecule has 1 heterocycles. The Kier molecular flexibility index (Phi) is 2.65. The minimum atomic E-state index is -2.99. The number of aromatic nitrogens is 1. The number of primary amides is 1. The van der Waals surface area contributed by atoms with Crippen molar-refractivity contribution in [3.63, 3.8) is 0 Å². The highest BCUT2D eigenvalue weighted by atomic mass is 19.3. The quantitative estimate of drug-likeness (QED) is 0.854. The largest absolute Gasteiger partial charge is 0.365 e. The normalized spacial score (nSPS) is 11.7. The Bertz CT molecular complexity index is 687. The third kappa shape index (κ3) is 2.09. The summed E-state index contributed by atoms with van der Waals surface area (Å²) in [6.45, 7) is 0.768. The van der Waals surface area contributed by atoms with Crippen molar-refractivity contribution in [1.29, 1.82) is 0 Å². The highest BCUT2D eigenvalue weighted by Crippen LogP contribution is 2.28. The van der Waals surface area contributed by atoms with Crippen molar-refractivity contribution in [2.24, 2.45) is 5.73 Å². The van der Waals surface area contributed by atoms with Crippen LogP contribution in [0.3, 0.4) is 0 Å². The van der Waals surface area contributed by atoms with Gasteiger partial charge in [-0.15, -0.1) is 0 Å². The van der Waals surface area contributed by atoms with Crippen molar-refractivity contribution in [3.8, 4) is 0 Å². The summed E-state index contributed by atoms with van der Waals surface area (Å²) in [6, 6.07) is 5.12. The predicted molar refractivity (Wildman–Crippen MR) is 62.7 cm³/mol. The number of hydrogen-bond donors (Lipinski definition) is 2. The zero-order valence-corrected chi connectivity index (χ0v) is 9.46. The van der Waals surface area contributed by atoms with Crippen molar-refractivity contribution in [2.45, 2.75) is 12.8 Å². The summed E-state index contributed by atoms with van der Waals surface area (Å²) in [5.41, 5.74) is 4.17. The maximum absolute atomic E-state index is 13.1. The molecule has 0 radical (unpaired) electrons. The molecule has 3 N–H and O–H groups in total. The van der Waals surface area contributed by atoms with Gasteiger partial charge in [0.05, 0.1) is 0 Å². The number of hydrogen-bond acceptors (Lipinski definition) is 2. The summed E-state index contributed by atoms with van der Waals surface area (Å²) in [4.78, 5) is 24.8. The lowest BCUT2D eigenvalue weighted by atomic mass is 10.1. The zero-order valence-electron chi connectivity index (χ0n) is 9.46. The third-order valence-electron chi connectivity index (χ3n) is 2.62. The van der Waals surface area contributed by atoms with Crippen LogP contribution >= 0.6 is 0 Å². The topological polar surface area (TPSA) is 76.0 Å². The molecule has 0 bridgehead atoms. The van der Waals surface area contributed by atoms with E-state index in [1.54, 1.807) is 0 Å². The number of carbonyl (C=O) groups is 1. The molecule has 18 heavy (non-hydrogen) atoms. The van der Waals surface area contributed by atoms with Crippen LogP contribution in [0.5, 0.6) is 0 Å². The van der Waals surface area contributed by atoms with Crippen LogP contribution in [-0.4, -0.2) is 10.9 Å². The number of benzene rings is 1. The molecule has 0 atom stereocenters. The van der Waals surface area contributed by atoms with E-state index < -0.39 is 17.4 Å². The molecule has 0 aliphatic rings. The maximum atomic E-state index is 13.1. The first-order valence-corrected chi connectivity index (χ1v) is 5.14. The fourth-order valence-electron chi connectivity index (χ4n) is 1.66. The van der Waals surface area contributed by atoms with Gasteiger partial charge in [-0.1, -0.05) is 12.1 Å². The maximum Gasteiger partial charge on any atom is 0.270 e. The van der Waals surface area contributed by atoms with E-state index in [-0.39, 0.29) is 16.6 Å². The van der Waals surface area contributed by atoms with Crippen molar-refractivity contribution >= 4 is 16.8 Å². The van der Waals surface area contributed by atoms with Gasteiger partial charge in [-0.25, -0.2) is 8.78 Å². The third-order valence-corrected chi connectivity index (χ3v) is 2.62. The zero-order chi connectivity index (χ0) is 13.5.